The highest BCUT2D eigenvalue weighted by atomic mass is 14.1. The van der Waals surface area contributed by atoms with Crippen LogP contribution >= 0.6 is 0 Å². The molecule has 91 valence electrons. The van der Waals surface area contributed by atoms with Crippen LogP contribution in [0.3, 0.4) is 0 Å². The lowest BCUT2D eigenvalue weighted by molar-refractivity contribution is 0.457. The average molecular weight is 211 g/mol. The highest BCUT2D eigenvalue weighted by Crippen LogP contribution is 2.16. The SMILES string of the molecule is [CH2]CCC(C)CCCCCCCCCC. The summed E-state index contributed by atoms with van der Waals surface area (Å²) in [5.41, 5.74) is 0. The Morgan fingerprint density at radius 1 is 0.800 bits per heavy atom. The molecular formula is C15H31. The van der Waals surface area contributed by atoms with Gasteiger partial charge in [-0.2, -0.15) is 0 Å². The normalized spacial score (nSPS) is 13.0. The summed E-state index contributed by atoms with van der Waals surface area (Å²) >= 11 is 0. The van der Waals surface area contributed by atoms with E-state index in [4.69, 9.17) is 0 Å². The third-order valence-electron chi connectivity index (χ3n) is 3.25. The standard InChI is InChI=1S/C15H31/c1-4-6-7-8-9-10-11-12-14-15(3)13-5-2/h15H,2,4-14H2,1,3H3. The van der Waals surface area contributed by atoms with Gasteiger partial charge in [0.05, 0.1) is 0 Å². The Labute approximate surface area is 97.8 Å². The lowest BCUT2D eigenvalue weighted by Crippen LogP contribution is -1.93. The third kappa shape index (κ3) is 11.9. The zero-order valence-corrected chi connectivity index (χ0v) is 11.1. The van der Waals surface area contributed by atoms with E-state index in [1.165, 1.54) is 64.2 Å². The van der Waals surface area contributed by atoms with E-state index >= 15 is 0 Å². The molecule has 0 nitrogen and oxygen atoms in total. The Morgan fingerprint density at radius 3 is 1.87 bits per heavy atom. The molecule has 0 aliphatic rings. The second-order valence-electron chi connectivity index (χ2n) is 5.01. The number of rotatable bonds is 11. The summed E-state index contributed by atoms with van der Waals surface area (Å²) in [6.45, 7) is 8.56. The van der Waals surface area contributed by atoms with Gasteiger partial charge in [-0.25, -0.2) is 0 Å². The van der Waals surface area contributed by atoms with Gasteiger partial charge in [-0.1, -0.05) is 91.4 Å². The van der Waals surface area contributed by atoms with Gasteiger partial charge in [0.15, 0.2) is 0 Å². The predicted molar refractivity (Wildman–Crippen MR) is 71.0 cm³/mol. The molecule has 0 bridgehead atoms. The van der Waals surface area contributed by atoms with Crippen molar-refractivity contribution in [3.8, 4) is 0 Å². The molecule has 0 aromatic rings. The highest BCUT2D eigenvalue weighted by Gasteiger charge is 1.99. The van der Waals surface area contributed by atoms with Gasteiger partial charge < -0.3 is 0 Å². The molecule has 1 unspecified atom stereocenters. The topological polar surface area (TPSA) is 0 Å². The largest absolute Gasteiger partial charge is 0.0654 e. The number of hydrogen-bond acceptors (Lipinski definition) is 0. The molecule has 0 N–H and O–H groups in total. The van der Waals surface area contributed by atoms with Crippen LogP contribution in [-0.4, -0.2) is 0 Å². The summed E-state index contributed by atoms with van der Waals surface area (Å²) in [6.07, 6.45) is 15.4. The summed E-state index contributed by atoms with van der Waals surface area (Å²) in [5, 5.41) is 0. The van der Waals surface area contributed by atoms with Gasteiger partial charge in [-0.3, -0.25) is 0 Å². The van der Waals surface area contributed by atoms with E-state index in [0.717, 1.165) is 12.3 Å². The summed E-state index contributed by atoms with van der Waals surface area (Å²) in [6, 6.07) is 0. The summed E-state index contributed by atoms with van der Waals surface area (Å²) in [5.74, 6) is 0.905. The second kappa shape index (κ2) is 12.1. The fraction of sp³-hybridized carbons (Fsp3) is 0.933. The van der Waals surface area contributed by atoms with Crippen molar-refractivity contribution >= 4 is 0 Å². The molecular weight excluding hydrogens is 180 g/mol. The Balaban J connectivity index is 2.98. The average Bonchev–Trinajstić information content (AvgIpc) is 2.22. The fourth-order valence-corrected chi connectivity index (χ4v) is 2.12. The zero-order valence-electron chi connectivity index (χ0n) is 11.1. The molecule has 0 heteroatoms. The molecule has 0 aliphatic heterocycles. The van der Waals surface area contributed by atoms with Crippen LogP contribution in [0.25, 0.3) is 0 Å². The van der Waals surface area contributed by atoms with E-state index in [1.807, 2.05) is 0 Å². The predicted octanol–water partition coefficient (Wildman–Crippen LogP) is 5.77. The first-order valence-electron chi connectivity index (χ1n) is 7.10. The summed E-state index contributed by atoms with van der Waals surface area (Å²) in [4.78, 5) is 0. The number of unbranched alkanes of at least 4 members (excludes halogenated alkanes) is 7. The molecule has 1 atom stereocenters. The first-order chi connectivity index (χ1) is 7.31. The van der Waals surface area contributed by atoms with Crippen LogP contribution in [0.5, 0.6) is 0 Å². The van der Waals surface area contributed by atoms with Crippen molar-refractivity contribution in [3.63, 3.8) is 0 Å². The van der Waals surface area contributed by atoms with Gasteiger partial charge in [0, 0.05) is 0 Å². The molecule has 0 fully saturated rings. The van der Waals surface area contributed by atoms with Crippen LogP contribution < -0.4 is 0 Å². The van der Waals surface area contributed by atoms with Crippen molar-refractivity contribution in [2.24, 2.45) is 5.92 Å². The second-order valence-corrected chi connectivity index (χ2v) is 5.01. The molecule has 0 aliphatic carbocycles. The van der Waals surface area contributed by atoms with Gasteiger partial charge >= 0.3 is 0 Å². The maximum atomic E-state index is 3.91. The molecule has 0 spiro atoms. The van der Waals surface area contributed by atoms with E-state index in [-0.39, 0.29) is 0 Å². The summed E-state index contributed by atoms with van der Waals surface area (Å²) < 4.78 is 0. The quantitative estimate of drug-likeness (QED) is 0.381. The lowest BCUT2D eigenvalue weighted by Gasteiger charge is -2.08. The van der Waals surface area contributed by atoms with Gasteiger partial charge in [0.2, 0.25) is 0 Å². The number of hydrogen-bond donors (Lipinski definition) is 0. The molecule has 1 radical (unpaired) electrons. The van der Waals surface area contributed by atoms with Crippen molar-refractivity contribution in [2.75, 3.05) is 0 Å². The van der Waals surface area contributed by atoms with E-state index in [0.29, 0.717) is 0 Å². The van der Waals surface area contributed by atoms with Crippen LogP contribution in [0.4, 0.5) is 0 Å². The van der Waals surface area contributed by atoms with Crippen molar-refractivity contribution in [3.05, 3.63) is 6.92 Å². The van der Waals surface area contributed by atoms with Crippen molar-refractivity contribution in [1.82, 2.24) is 0 Å². The Hall–Kier alpha value is 0. The van der Waals surface area contributed by atoms with E-state index in [9.17, 15) is 0 Å². The third-order valence-corrected chi connectivity index (χ3v) is 3.25. The Bertz CT molecular complexity index is 107. The first-order valence-corrected chi connectivity index (χ1v) is 7.10. The molecule has 0 amide bonds. The minimum atomic E-state index is 0.905. The molecule has 0 heterocycles. The van der Waals surface area contributed by atoms with E-state index in [2.05, 4.69) is 20.8 Å². The smallest absolute Gasteiger partial charge is 0.0443 e. The minimum Gasteiger partial charge on any atom is -0.0654 e. The van der Waals surface area contributed by atoms with Gasteiger partial charge in [-0.15, -0.1) is 0 Å². The van der Waals surface area contributed by atoms with Crippen molar-refractivity contribution in [1.29, 1.82) is 0 Å². The van der Waals surface area contributed by atoms with Crippen LogP contribution in [0.15, 0.2) is 0 Å². The van der Waals surface area contributed by atoms with Crippen LogP contribution in [0, 0.1) is 12.8 Å². The van der Waals surface area contributed by atoms with Crippen LogP contribution in [0.1, 0.15) is 84.5 Å². The molecule has 0 saturated heterocycles. The fourth-order valence-electron chi connectivity index (χ4n) is 2.12. The molecule has 0 rings (SSSR count). The molecule has 0 saturated carbocycles. The Kier molecular flexibility index (Phi) is 12.1. The maximum Gasteiger partial charge on any atom is -0.0443 e. The van der Waals surface area contributed by atoms with Gasteiger partial charge in [0.25, 0.3) is 0 Å². The van der Waals surface area contributed by atoms with Crippen LogP contribution in [-0.2, 0) is 0 Å². The van der Waals surface area contributed by atoms with E-state index in [1.54, 1.807) is 0 Å². The van der Waals surface area contributed by atoms with Gasteiger partial charge in [-0.05, 0) is 5.92 Å². The van der Waals surface area contributed by atoms with Crippen molar-refractivity contribution in [2.45, 2.75) is 84.5 Å². The highest BCUT2D eigenvalue weighted by molar-refractivity contribution is 4.55. The molecule has 15 heavy (non-hydrogen) atoms. The van der Waals surface area contributed by atoms with Crippen LogP contribution in [0.2, 0.25) is 0 Å². The lowest BCUT2D eigenvalue weighted by atomic mass is 9.98. The monoisotopic (exact) mass is 211 g/mol. The minimum absolute atomic E-state index is 0.905. The maximum absolute atomic E-state index is 3.91. The zero-order chi connectivity index (χ0) is 11.4. The Morgan fingerprint density at radius 2 is 1.33 bits per heavy atom. The molecule has 0 aromatic carbocycles. The van der Waals surface area contributed by atoms with Crippen molar-refractivity contribution < 1.29 is 0 Å². The molecule has 0 aromatic heterocycles. The van der Waals surface area contributed by atoms with E-state index < -0.39 is 0 Å². The van der Waals surface area contributed by atoms with Gasteiger partial charge in [0.1, 0.15) is 0 Å². The first kappa shape index (κ1) is 15.0. The summed E-state index contributed by atoms with van der Waals surface area (Å²) in [7, 11) is 0.